The van der Waals surface area contributed by atoms with Crippen molar-refractivity contribution in [1.82, 2.24) is 15.6 Å². The van der Waals surface area contributed by atoms with Crippen molar-refractivity contribution in [2.75, 3.05) is 32.2 Å². The number of amides is 2. The molecule has 2 amide bonds. The molecule has 2 heterocycles. The predicted molar refractivity (Wildman–Crippen MR) is 124 cm³/mol. The van der Waals surface area contributed by atoms with Crippen molar-refractivity contribution in [2.45, 2.75) is 40.2 Å². The fraction of sp³-hybridized carbons (Fsp3) is 0.632. The van der Waals surface area contributed by atoms with Gasteiger partial charge in [0.25, 0.3) is 0 Å². The van der Waals surface area contributed by atoms with E-state index >= 15 is 0 Å². The highest BCUT2D eigenvalue weighted by atomic mass is 32.2. The molecule has 0 saturated carbocycles. The molecule has 12 nitrogen and oxygen atoms in total. The summed E-state index contributed by atoms with van der Waals surface area (Å²) in [5.74, 6) is -1.11. The number of thioether (sulfide) groups is 1. The van der Waals surface area contributed by atoms with Crippen molar-refractivity contribution in [2.24, 2.45) is 5.41 Å². The van der Waals surface area contributed by atoms with Gasteiger partial charge in [0, 0.05) is 37.6 Å². The number of carbonyl (C=O) groups excluding carboxylic acids is 4. The first-order chi connectivity index (χ1) is 15.9. The third-order valence-corrected chi connectivity index (χ3v) is 7.55. The summed E-state index contributed by atoms with van der Waals surface area (Å²) < 4.78 is 33.4. The molecule has 15 heteroatoms. The maximum absolute atomic E-state index is 12.8. The van der Waals surface area contributed by atoms with Crippen LogP contribution in [0.5, 0.6) is 0 Å². The Hall–Kier alpha value is -1.83. The Labute approximate surface area is 205 Å². The minimum absolute atomic E-state index is 0.0151. The Balaban J connectivity index is 1.80. The van der Waals surface area contributed by atoms with E-state index in [4.69, 9.17) is 18.3 Å². The summed E-state index contributed by atoms with van der Waals surface area (Å²) in [4.78, 5) is 51.6. The van der Waals surface area contributed by atoms with E-state index in [9.17, 15) is 23.7 Å². The smallest absolute Gasteiger partial charge is 0.434 e. The van der Waals surface area contributed by atoms with Gasteiger partial charge in [0.1, 0.15) is 4.88 Å². The van der Waals surface area contributed by atoms with E-state index < -0.39 is 38.0 Å². The molecule has 1 fully saturated rings. The molecule has 34 heavy (non-hydrogen) atoms. The third kappa shape index (κ3) is 8.75. The SMILES string of the molecule is CC(=O)SCCNC(=O)CCNC(=O)[C@@H]1OP(=O)(OCOC(=O)c2scnc2C)OCC1(C)C. The number of rotatable bonds is 11. The number of hydrogen-bond donors (Lipinski definition) is 2. The number of esters is 1. The fourth-order valence-corrected chi connectivity index (χ4v) is 5.36. The number of nitrogens with zero attached hydrogens (tertiary/aromatic N) is 1. The zero-order valence-corrected chi connectivity index (χ0v) is 21.8. The molecule has 0 radical (unpaired) electrons. The number of hydrogen-bond acceptors (Lipinski definition) is 12. The van der Waals surface area contributed by atoms with Crippen LogP contribution in [0.3, 0.4) is 0 Å². The number of nitrogens with one attached hydrogen (secondary N) is 2. The topological polar surface area (TPSA) is 159 Å². The summed E-state index contributed by atoms with van der Waals surface area (Å²) in [6, 6.07) is 0. The van der Waals surface area contributed by atoms with Crippen molar-refractivity contribution in [3.05, 3.63) is 16.1 Å². The highest BCUT2D eigenvalue weighted by molar-refractivity contribution is 8.13. The Morgan fingerprint density at radius 2 is 2.03 bits per heavy atom. The van der Waals surface area contributed by atoms with Gasteiger partial charge in [0.05, 0.1) is 17.8 Å². The molecule has 2 rings (SSSR count). The van der Waals surface area contributed by atoms with Gasteiger partial charge in [-0.2, -0.15) is 0 Å². The highest BCUT2D eigenvalue weighted by Crippen LogP contribution is 2.57. The number of phosphoric acid groups is 1. The van der Waals surface area contributed by atoms with E-state index in [1.165, 1.54) is 12.4 Å². The molecule has 0 bridgehead atoms. The molecule has 2 N–H and O–H groups in total. The van der Waals surface area contributed by atoms with Crippen LogP contribution in [0.25, 0.3) is 0 Å². The lowest BCUT2D eigenvalue weighted by atomic mass is 9.87. The van der Waals surface area contributed by atoms with Crippen LogP contribution < -0.4 is 10.6 Å². The van der Waals surface area contributed by atoms with Crippen LogP contribution in [0.2, 0.25) is 0 Å². The van der Waals surface area contributed by atoms with E-state index in [1.54, 1.807) is 20.8 Å². The first-order valence-electron chi connectivity index (χ1n) is 10.3. The molecule has 2 atom stereocenters. The van der Waals surface area contributed by atoms with Crippen LogP contribution in [0.1, 0.15) is 42.6 Å². The van der Waals surface area contributed by atoms with Crippen molar-refractivity contribution >= 4 is 53.8 Å². The van der Waals surface area contributed by atoms with E-state index in [0.29, 0.717) is 18.0 Å². The summed E-state index contributed by atoms with van der Waals surface area (Å²) >= 11 is 2.20. The average Bonchev–Trinajstić information content (AvgIpc) is 3.19. The second-order valence-electron chi connectivity index (χ2n) is 7.87. The van der Waals surface area contributed by atoms with Crippen molar-refractivity contribution in [3.63, 3.8) is 0 Å². The summed E-state index contributed by atoms with van der Waals surface area (Å²) in [5.41, 5.74) is 1.14. The first-order valence-corrected chi connectivity index (χ1v) is 13.6. The van der Waals surface area contributed by atoms with Crippen molar-refractivity contribution in [1.29, 1.82) is 0 Å². The van der Waals surface area contributed by atoms with Crippen LogP contribution >= 0.6 is 30.9 Å². The largest absolute Gasteiger partial charge is 0.478 e. The molecule has 1 unspecified atom stereocenters. The molecule has 1 aliphatic heterocycles. The van der Waals surface area contributed by atoms with E-state index in [-0.39, 0.29) is 35.5 Å². The van der Waals surface area contributed by atoms with Gasteiger partial charge in [-0.15, -0.1) is 11.3 Å². The van der Waals surface area contributed by atoms with Crippen LogP contribution in [-0.2, 0) is 37.3 Å². The van der Waals surface area contributed by atoms with Gasteiger partial charge in [-0.3, -0.25) is 23.4 Å². The molecular formula is C19H28N3O9PS2. The van der Waals surface area contributed by atoms with Crippen LogP contribution in [0.4, 0.5) is 0 Å². The van der Waals surface area contributed by atoms with Crippen LogP contribution in [0.15, 0.2) is 5.51 Å². The number of aromatic nitrogens is 1. The van der Waals surface area contributed by atoms with Gasteiger partial charge >= 0.3 is 13.8 Å². The molecule has 0 spiro atoms. The highest BCUT2D eigenvalue weighted by Gasteiger charge is 2.49. The second kappa shape index (κ2) is 12.8. The molecule has 1 aromatic rings. The molecule has 0 aromatic carbocycles. The summed E-state index contributed by atoms with van der Waals surface area (Å²) in [6.07, 6.45) is -1.18. The van der Waals surface area contributed by atoms with Crippen LogP contribution in [0, 0.1) is 12.3 Å². The number of aryl methyl sites for hydroxylation is 1. The van der Waals surface area contributed by atoms with Gasteiger partial charge in [0.15, 0.2) is 11.2 Å². The third-order valence-electron chi connectivity index (χ3n) is 4.49. The number of phosphoric ester groups is 1. The van der Waals surface area contributed by atoms with Crippen molar-refractivity contribution < 1.29 is 42.1 Å². The Kier molecular flexibility index (Phi) is 10.7. The van der Waals surface area contributed by atoms with E-state index in [0.717, 1.165) is 23.1 Å². The summed E-state index contributed by atoms with van der Waals surface area (Å²) in [5, 5.41) is 5.19. The lowest BCUT2D eigenvalue weighted by molar-refractivity contribution is -0.143. The Morgan fingerprint density at radius 1 is 1.29 bits per heavy atom. The predicted octanol–water partition coefficient (Wildman–Crippen LogP) is 2.03. The molecule has 1 aromatic heterocycles. The Morgan fingerprint density at radius 3 is 2.68 bits per heavy atom. The van der Waals surface area contributed by atoms with Gasteiger partial charge in [-0.25, -0.2) is 18.9 Å². The Bertz CT molecular complexity index is 953. The molecular weight excluding hydrogens is 509 g/mol. The number of thiazole rings is 1. The number of ether oxygens (including phenoxy) is 1. The van der Waals surface area contributed by atoms with Gasteiger partial charge in [-0.05, 0) is 6.92 Å². The quantitative estimate of drug-likeness (QED) is 0.184. The first kappa shape index (κ1) is 28.4. The zero-order chi connectivity index (χ0) is 25.4. The summed E-state index contributed by atoms with van der Waals surface area (Å²) in [6.45, 7) is 6.01. The lowest BCUT2D eigenvalue weighted by Gasteiger charge is -2.39. The maximum atomic E-state index is 12.8. The lowest BCUT2D eigenvalue weighted by Crippen LogP contribution is -2.50. The monoisotopic (exact) mass is 537 g/mol. The molecule has 1 aliphatic rings. The molecule has 0 aliphatic carbocycles. The van der Waals surface area contributed by atoms with Crippen molar-refractivity contribution in [3.8, 4) is 0 Å². The van der Waals surface area contributed by atoms with Gasteiger partial charge < -0.3 is 15.4 Å². The average molecular weight is 538 g/mol. The van der Waals surface area contributed by atoms with Crippen LogP contribution in [-0.4, -0.2) is 66.2 Å². The maximum Gasteiger partial charge on any atom is 0.478 e. The minimum Gasteiger partial charge on any atom is -0.434 e. The minimum atomic E-state index is -4.19. The standard InChI is InChI=1S/C19H28N3O9PS2/c1-12-15(34-10-22-12)18(26)28-11-30-32(27)29-9-19(3,4)16(31-32)17(25)21-6-5-14(24)20-7-8-33-13(2)23/h10,16H,5-9,11H2,1-4H3,(H,20,24)(H,21,25)/t16-,32?/m0/s1. The van der Waals surface area contributed by atoms with Gasteiger partial charge in [0.2, 0.25) is 18.6 Å². The van der Waals surface area contributed by atoms with E-state index in [2.05, 4.69) is 15.6 Å². The fourth-order valence-electron chi connectivity index (χ4n) is 2.67. The zero-order valence-electron chi connectivity index (χ0n) is 19.3. The number of carbonyl (C=O) groups is 4. The second-order valence-corrected chi connectivity index (χ2v) is 11.6. The molecule has 1 saturated heterocycles. The molecule has 190 valence electrons. The van der Waals surface area contributed by atoms with Gasteiger partial charge in [-0.1, -0.05) is 25.6 Å². The van der Waals surface area contributed by atoms with E-state index in [1.807, 2.05) is 0 Å². The normalized spacial score (nSPS) is 21.5. The summed E-state index contributed by atoms with van der Waals surface area (Å²) in [7, 11) is -4.19.